The third-order valence-corrected chi connectivity index (χ3v) is 5.47. The van der Waals surface area contributed by atoms with Crippen LogP contribution >= 0.6 is 0 Å². The van der Waals surface area contributed by atoms with Crippen LogP contribution in [0.15, 0.2) is 73.0 Å². The lowest BCUT2D eigenvalue weighted by molar-refractivity contribution is -0.144. The summed E-state index contributed by atoms with van der Waals surface area (Å²) < 4.78 is 10.8. The Morgan fingerprint density at radius 1 is 0.889 bits per heavy atom. The molecule has 7 nitrogen and oxygen atoms in total. The van der Waals surface area contributed by atoms with E-state index in [9.17, 15) is 14.4 Å². The molecule has 2 unspecified atom stereocenters. The average molecular weight is 495 g/mol. The molecule has 36 heavy (non-hydrogen) atoms. The van der Waals surface area contributed by atoms with Crippen LogP contribution in [0.1, 0.15) is 57.6 Å². The zero-order chi connectivity index (χ0) is 26.3. The minimum Gasteiger partial charge on any atom is -0.445 e. The molecule has 0 spiro atoms. The summed E-state index contributed by atoms with van der Waals surface area (Å²) in [6, 6.07) is 16.8. The van der Waals surface area contributed by atoms with Crippen LogP contribution < -0.4 is 10.6 Å². The van der Waals surface area contributed by atoms with E-state index in [1.54, 1.807) is 0 Å². The first-order valence-electron chi connectivity index (χ1n) is 12.5. The van der Waals surface area contributed by atoms with Gasteiger partial charge in [0, 0.05) is 12.8 Å². The molecule has 2 rings (SSSR count). The molecule has 2 aromatic rings. The van der Waals surface area contributed by atoms with Gasteiger partial charge in [0.25, 0.3) is 0 Å². The molecule has 0 heterocycles. The van der Waals surface area contributed by atoms with Gasteiger partial charge in [0.05, 0.1) is 0 Å². The number of unbranched alkanes of at least 4 members (excludes halogenated alkanes) is 1. The fraction of sp³-hybridized carbons (Fsp3) is 0.414. The molecule has 2 N–H and O–H groups in total. The molecule has 0 saturated carbocycles. The van der Waals surface area contributed by atoms with E-state index in [-0.39, 0.29) is 18.9 Å². The van der Waals surface area contributed by atoms with Crippen molar-refractivity contribution in [3.8, 4) is 0 Å². The maximum atomic E-state index is 13.2. The summed E-state index contributed by atoms with van der Waals surface area (Å²) >= 11 is 0. The molecular formula is C29H38N2O5. The number of allylic oxidation sites excluding steroid dienone is 1. The van der Waals surface area contributed by atoms with Gasteiger partial charge >= 0.3 is 12.1 Å². The summed E-state index contributed by atoms with van der Waals surface area (Å²) in [6.45, 7) is 9.86. The number of carbonyl (C=O) groups is 3. The molecule has 2 aromatic carbocycles. The smallest absolute Gasteiger partial charge is 0.408 e. The normalized spacial score (nSPS) is 12.3. The van der Waals surface area contributed by atoms with Gasteiger partial charge in [-0.2, -0.15) is 0 Å². The molecule has 0 radical (unpaired) electrons. The zero-order valence-electron chi connectivity index (χ0n) is 21.5. The van der Waals surface area contributed by atoms with Gasteiger partial charge in [-0.15, -0.1) is 0 Å². The summed E-state index contributed by atoms with van der Waals surface area (Å²) in [5, 5.41) is 5.44. The van der Waals surface area contributed by atoms with Crippen LogP contribution in [-0.2, 0) is 32.1 Å². The molecule has 0 aliphatic heterocycles. The Balaban J connectivity index is 2.08. The molecule has 0 saturated heterocycles. The highest BCUT2D eigenvalue weighted by Crippen LogP contribution is 2.12. The van der Waals surface area contributed by atoms with Crippen LogP contribution in [0, 0.1) is 5.92 Å². The first-order chi connectivity index (χ1) is 17.3. The third kappa shape index (κ3) is 10.8. The second kappa shape index (κ2) is 15.4. The van der Waals surface area contributed by atoms with E-state index in [4.69, 9.17) is 9.47 Å². The van der Waals surface area contributed by atoms with Crippen LogP contribution in [0.2, 0.25) is 0 Å². The second-order valence-corrected chi connectivity index (χ2v) is 9.20. The van der Waals surface area contributed by atoms with E-state index < -0.39 is 30.1 Å². The van der Waals surface area contributed by atoms with E-state index in [2.05, 4.69) is 17.2 Å². The predicted molar refractivity (Wildman–Crippen MR) is 140 cm³/mol. The summed E-state index contributed by atoms with van der Waals surface area (Å²) in [5.74, 6) is -0.570. The molecule has 0 bridgehead atoms. The fourth-order valence-electron chi connectivity index (χ4n) is 3.56. The topological polar surface area (TPSA) is 93.7 Å². The number of nitrogens with one attached hydrogen (secondary N) is 2. The number of rotatable bonds is 14. The lowest BCUT2D eigenvalue weighted by Crippen LogP contribution is -2.53. The molecule has 0 aromatic heterocycles. The number of esters is 1. The molecule has 2 atom stereocenters. The minimum atomic E-state index is -0.935. The maximum absolute atomic E-state index is 13.2. The number of hydrogen-bond acceptors (Lipinski definition) is 5. The van der Waals surface area contributed by atoms with Crippen molar-refractivity contribution in [1.82, 2.24) is 10.6 Å². The number of alkyl carbamates (subject to hydrolysis) is 1. The van der Waals surface area contributed by atoms with Crippen LogP contribution in [-0.4, -0.2) is 30.1 Å². The molecule has 194 valence electrons. The quantitative estimate of drug-likeness (QED) is 0.274. The van der Waals surface area contributed by atoms with E-state index >= 15 is 0 Å². The van der Waals surface area contributed by atoms with Gasteiger partial charge in [0.1, 0.15) is 24.4 Å². The first-order valence-corrected chi connectivity index (χ1v) is 12.5. The van der Waals surface area contributed by atoms with Crippen molar-refractivity contribution in [2.45, 2.75) is 71.6 Å². The van der Waals surface area contributed by atoms with E-state index in [0.717, 1.165) is 24.0 Å². The predicted octanol–water partition coefficient (Wildman–Crippen LogP) is 5.30. The number of amides is 2. The Kier molecular flexibility index (Phi) is 12.2. The molecular weight excluding hydrogens is 456 g/mol. The van der Waals surface area contributed by atoms with Crippen LogP contribution in [0.25, 0.3) is 0 Å². The molecule has 2 amide bonds. The zero-order valence-corrected chi connectivity index (χ0v) is 21.5. The first kappa shape index (κ1) is 28.6. The number of ether oxygens (including phenoxy) is 2. The lowest BCUT2D eigenvalue weighted by atomic mass is 10.0. The van der Waals surface area contributed by atoms with E-state index in [0.29, 0.717) is 18.6 Å². The monoisotopic (exact) mass is 494 g/mol. The highest BCUT2D eigenvalue weighted by molar-refractivity contribution is 5.90. The molecule has 7 heteroatoms. The molecule has 0 aliphatic carbocycles. The number of carbonyl (C=O) groups excluding carboxylic acids is 3. The minimum absolute atomic E-state index is 0.0888. The lowest BCUT2D eigenvalue weighted by Gasteiger charge is -2.24. The maximum Gasteiger partial charge on any atom is 0.408 e. The van der Waals surface area contributed by atoms with Crippen LogP contribution in [0.4, 0.5) is 4.79 Å². The van der Waals surface area contributed by atoms with Gasteiger partial charge in [-0.05, 0) is 29.9 Å². The van der Waals surface area contributed by atoms with Crippen molar-refractivity contribution in [1.29, 1.82) is 0 Å². The summed E-state index contributed by atoms with van der Waals surface area (Å²) in [7, 11) is 0. The Morgan fingerprint density at radius 3 is 2.08 bits per heavy atom. The van der Waals surface area contributed by atoms with Crippen molar-refractivity contribution in [2.24, 2.45) is 5.92 Å². The van der Waals surface area contributed by atoms with Gasteiger partial charge in [-0.25, -0.2) is 9.59 Å². The van der Waals surface area contributed by atoms with E-state index in [1.807, 2.05) is 81.4 Å². The number of benzene rings is 2. The fourth-order valence-corrected chi connectivity index (χ4v) is 3.56. The Bertz CT molecular complexity index is 976. The van der Waals surface area contributed by atoms with Gasteiger partial charge < -0.3 is 20.1 Å². The van der Waals surface area contributed by atoms with Crippen molar-refractivity contribution in [3.05, 3.63) is 84.1 Å². The summed E-state index contributed by atoms with van der Waals surface area (Å²) in [5.41, 5.74) is 1.71. The van der Waals surface area contributed by atoms with Crippen molar-refractivity contribution in [2.75, 3.05) is 0 Å². The van der Waals surface area contributed by atoms with Gasteiger partial charge in [-0.1, -0.05) is 94.4 Å². The Morgan fingerprint density at radius 2 is 1.50 bits per heavy atom. The van der Waals surface area contributed by atoms with Crippen molar-refractivity contribution < 1.29 is 23.9 Å². The third-order valence-electron chi connectivity index (χ3n) is 5.47. The number of hydrogen-bond donors (Lipinski definition) is 2. The summed E-state index contributed by atoms with van der Waals surface area (Å²) in [6.07, 6.45) is 2.30. The van der Waals surface area contributed by atoms with Gasteiger partial charge in [-0.3, -0.25) is 4.79 Å². The largest absolute Gasteiger partial charge is 0.445 e. The van der Waals surface area contributed by atoms with Gasteiger partial charge in [0.2, 0.25) is 5.91 Å². The van der Waals surface area contributed by atoms with Crippen molar-refractivity contribution >= 4 is 18.0 Å². The highest BCUT2D eigenvalue weighted by Gasteiger charge is 2.29. The highest BCUT2D eigenvalue weighted by atomic mass is 16.5. The Labute approximate surface area is 214 Å². The second-order valence-electron chi connectivity index (χ2n) is 9.20. The van der Waals surface area contributed by atoms with Crippen LogP contribution in [0.5, 0.6) is 0 Å². The average Bonchev–Trinajstić information content (AvgIpc) is 2.86. The van der Waals surface area contributed by atoms with Crippen LogP contribution in [0.3, 0.4) is 0 Å². The van der Waals surface area contributed by atoms with Crippen molar-refractivity contribution in [3.63, 3.8) is 0 Å². The summed E-state index contributed by atoms with van der Waals surface area (Å²) in [4.78, 5) is 38.7. The van der Waals surface area contributed by atoms with Gasteiger partial charge in [0.15, 0.2) is 0 Å². The standard InChI is InChI=1S/C29H38N2O5/c1-5-6-13-22(4)36-28(33)26(19-23-14-9-7-10-15-23)30-27(32)25(18-21(2)3)31-29(34)35-20-24-16-11-8-12-17-24/h7-12,14-17,21,25-26H,4-6,13,18-20H2,1-3H3,(H,30,32)(H,31,34). The SMILES string of the molecule is C=C(CCCC)OC(=O)C(Cc1ccccc1)NC(=O)C(CC(C)C)NC(=O)OCc1ccccc1. The van der Waals surface area contributed by atoms with E-state index in [1.165, 1.54) is 0 Å². The molecule has 0 aliphatic rings. The molecule has 0 fully saturated rings. The Hall–Kier alpha value is -3.61.